The first kappa shape index (κ1) is 10.6. The number of carboxylic acids is 1. The Morgan fingerprint density at radius 1 is 1.29 bits per heavy atom. The Labute approximate surface area is 80.2 Å². The van der Waals surface area contributed by atoms with Crippen molar-refractivity contribution < 1.29 is 18.7 Å². The van der Waals surface area contributed by atoms with Crippen molar-refractivity contribution in [3.63, 3.8) is 0 Å². The molecule has 0 aliphatic carbocycles. The maximum Gasteiger partial charge on any atom is 0.304 e. The second kappa shape index (κ2) is 4.69. The summed E-state index contributed by atoms with van der Waals surface area (Å²) in [4.78, 5) is 10.4. The molecule has 0 heterocycles. The van der Waals surface area contributed by atoms with Crippen LogP contribution in [0.15, 0.2) is 30.3 Å². The molecular formula is C10H10F2O2. The van der Waals surface area contributed by atoms with Gasteiger partial charge in [-0.3, -0.25) is 4.79 Å². The SMILES string of the molecule is O=C(O)C[C@@H](c1ccccc1)C(F)F. The van der Waals surface area contributed by atoms with E-state index in [9.17, 15) is 13.6 Å². The second-order valence-electron chi connectivity index (χ2n) is 2.95. The molecule has 0 unspecified atom stereocenters. The second-order valence-corrected chi connectivity index (χ2v) is 2.95. The van der Waals surface area contributed by atoms with Crippen LogP contribution < -0.4 is 0 Å². The van der Waals surface area contributed by atoms with Crippen molar-refractivity contribution in [1.82, 2.24) is 0 Å². The van der Waals surface area contributed by atoms with Crippen molar-refractivity contribution in [2.24, 2.45) is 0 Å². The van der Waals surface area contributed by atoms with Crippen LogP contribution in [0.5, 0.6) is 0 Å². The lowest BCUT2D eigenvalue weighted by Gasteiger charge is -2.13. The van der Waals surface area contributed by atoms with E-state index in [-0.39, 0.29) is 0 Å². The predicted molar refractivity (Wildman–Crippen MR) is 47.4 cm³/mol. The molecule has 2 nitrogen and oxygen atoms in total. The van der Waals surface area contributed by atoms with Crippen LogP contribution in [0.4, 0.5) is 8.78 Å². The molecule has 0 fully saturated rings. The molecule has 0 spiro atoms. The highest BCUT2D eigenvalue weighted by Gasteiger charge is 2.24. The minimum absolute atomic E-state index is 0.366. The van der Waals surface area contributed by atoms with E-state index in [1.54, 1.807) is 18.2 Å². The number of carboxylic acid groups (broad SMARTS) is 1. The number of aliphatic carboxylic acids is 1. The van der Waals surface area contributed by atoms with Gasteiger partial charge in [-0.05, 0) is 5.56 Å². The van der Waals surface area contributed by atoms with Gasteiger partial charge in [-0.2, -0.15) is 0 Å². The van der Waals surface area contributed by atoms with Crippen LogP contribution in [-0.2, 0) is 4.79 Å². The molecule has 14 heavy (non-hydrogen) atoms. The van der Waals surface area contributed by atoms with E-state index in [1.807, 2.05) is 0 Å². The lowest BCUT2D eigenvalue weighted by Crippen LogP contribution is -2.13. The third kappa shape index (κ3) is 2.80. The summed E-state index contributed by atoms with van der Waals surface area (Å²) >= 11 is 0. The van der Waals surface area contributed by atoms with Crippen LogP contribution in [0.1, 0.15) is 17.9 Å². The zero-order chi connectivity index (χ0) is 10.6. The van der Waals surface area contributed by atoms with Gasteiger partial charge < -0.3 is 5.11 Å². The van der Waals surface area contributed by atoms with Gasteiger partial charge in [0.15, 0.2) is 0 Å². The predicted octanol–water partition coefficient (Wildman–Crippen LogP) is 2.51. The van der Waals surface area contributed by atoms with E-state index < -0.39 is 24.7 Å². The maximum atomic E-state index is 12.5. The zero-order valence-corrected chi connectivity index (χ0v) is 7.36. The fraction of sp³-hybridized carbons (Fsp3) is 0.300. The van der Waals surface area contributed by atoms with Gasteiger partial charge in [-0.15, -0.1) is 0 Å². The molecule has 1 aromatic rings. The van der Waals surface area contributed by atoms with Crippen molar-refractivity contribution in [2.75, 3.05) is 0 Å². The zero-order valence-electron chi connectivity index (χ0n) is 7.36. The average molecular weight is 200 g/mol. The standard InChI is InChI=1S/C10H10F2O2/c11-10(12)8(6-9(13)14)7-4-2-1-3-5-7/h1-5,8,10H,6H2,(H,13,14)/t8-/m0/s1. The molecule has 0 saturated heterocycles. The summed E-state index contributed by atoms with van der Waals surface area (Å²) in [5.74, 6) is -2.42. The molecule has 0 amide bonds. The molecule has 4 heteroatoms. The number of benzene rings is 1. The number of carbonyl (C=O) groups is 1. The van der Waals surface area contributed by atoms with E-state index in [1.165, 1.54) is 12.1 Å². The fourth-order valence-electron chi connectivity index (χ4n) is 1.24. The third-order valence-corrected chi connectivity index (χ3v) is 1.93. The van der Waals surface area contributed by atoms with Gasteiger partial charge in [0.2, 0.25) is 6.43 Å². The van der Waals surface area contributed by atoms with Gasteiger partial charge in [0.25, 0.3) is 0 Å². The van der Waals surface area contributed by atoms with Crippen molar-refractivity contribution >= 4 is 5.97 Å². The monoisotopic (exact) mass is 200 g/mol. The summed E-state index contributed by atoms with van der Waals surface area (Å²) in [7, 11) is 0. The Balaban J connectivity index is 2.83. The molecule has 0 aliphatic rings. The number of halogens is 2. The molecule has 0 radical (unpaired) electrons. The topological polar surface area (TPSA) is 37.3 Å². The number of hydrogen-bond donors (Lipinski definition) is 1. The quantitative estimate of drug-likeness (QED) is 0.810. The first-order valence-electron chi connectivity index (χ1n) is 4.16. The van der Waals surface area contributed by atoms with Gasteiger partial charge in [-0.1, -0.05) is 30.3 Å². The van der Waals surface area contributed by atoms with Crippen LogP contribution in [0, 0.1) is 0 Å². The van der Waals surface area contributed by atoms with E-state index in [4.69, 9.17) is 5.11 Å². The first-order valence-corrected chi connectivity index (χ1v) is 4.16. The van der Waals surface area contributed by atoms with Crippen LogP contribution in [0.2, 0.25) is 0 Å². The number of rotatable bonds is 4. The number of alkyl halides is 2. The maximum absolute atomic E-state index is 12.5. The summed E-state index contributed by atoms with van der Waals surface area (Å²) in [5.41, 5.74) is 0.366. The summed E-state index contributed by atoms with van der Waals surface area (Å²) in [5, 5.41) is 8.46. The van der Waals surface area contributed by atoms with Gasteiger partial charge in [0, 0.05) is 0 Å². The van der Waals surface area contributed by atoms with Crippen LogP contribution in [0.3, 0.4) is 0 Å². The highest BCUT2D eigenvalue weighted by Crippen LogP contribution is 2.26. The Hall–Kier alpha value is -1.45. The lowest BCUT2D eigenvalue weighted by atomic mass is 9.96. The largest absolute Gasteiger partial charge is 0.481 e. The first-order chi connectivity index (χ1) is 6.61. The normalized spacial score (nSPS) is 12.8. The molecule has 0 aromatic heterocycles. The van der Waals surface area contributed by atoms with Crippen LogP contribution in [0.25, 0.3) is 0 Å². The van der Waals surface area contributed by atoms with Gasteiger partial charge in [-0.25, -0.2) is 8.78 Å². The molecule has 1 aromatic carbocycles. The van der Waals surface area contributed by atoms with Gasteiger partial charge in [0.05, 0.1) is 12.3 Å². The molecule has 0 aliphatic heterocycles. The van der Waals surface area contributed by atoms with E-state index >= 15 is 0 Å². The molecule has 1 rings (SSSR count). The smallest absolute Gasteiger partial charge is 0.304 e. The van der Waals surface area contributed by atoms with E-state index in [0.717, 1.165) is 0 Å². The summed E-state index contributed by atoms with van der Waals surface area (Å²) in [6.07, 6.45) is -3.18. The van der Waals surface area contributed by atoms with Crippen molar-refractivity contribution in [2.45, 2.75) is 18.8 Å². The van der Waals surface area contributed by atoms with E-state index in [2.05, 4.69) is 0 Å². The molecule has 76 valence electrons. The average Bonchev–Trinajstić information content (AvgIpc) is 2.15. The minimum atomic E-state index is -2.64. The molecule has 1 atom stereocenters. The van der Waals surface area contributed by atoms with Crippen molar-refractivity contribution in [3.05, 3.63) is 35.9 Å². The van der Waals surface area contributed by atoms with Crippen molar-refractivity contribution in [3.8, 4) is 0 Å². The summed E-state index contributed by atoms with van der Waals surface area (Å²) < 4.78 is 25.0. The minimum Gasteiger partial charge on any atom is -0.481 e. The number of hydrogen-bond acceptors (Lipinski definition) is 1. The van der Waals surface area contributed by atoms with Gasteiger partial charge in [0.1, 0.15) is 0 Å². The summed E-state index contributed by atoms with van der Waals surface area (Å²) in [6, 6.07) is 7.96. The Kier molecular flexibility index (Phi) is 3.56. The third-order valence-electron chi connectivity index (χ3n) is 1.93. The highest BCUT2D eigenvalue weighted by atomic mass is 19.3. The van der Waals surface area contributed by atoms with E-state index in [0.29, 0.717) is 5.56 Å². The van der Waals surface area contributed by atoms with Gasteiger partial charge >= 0.3 is 5.97 Å². The summed E-state index contributed by atoms with van der Waals surface area (Å²) in [6.45, 7) is 0. The van der Waals surface area contributed by atoms with Crippen LogP contribution >= 0.6 is 0 Å². The lowest BCUT2D eigenvalue weighted by molar-refractivity contribution is -0.138. The Morgan fingerprint density at radius 3 is 2.29 bits per heavy atom. The fourth-order valence-corrected chi connectivity index (χ4v) is 1.24. The van der Waals surface area contributed by atoms with Crippen molar-refractivity contribution in [1.29, 1.82) is 0 Å². The Bertz CT molecular complexity index is 298. The molecular weight excluding hydrogens is 190 g/mol. The van der Waals surface area contributed by atoms with Crippen LogP contribution in [-0.4, -0.2) is 17.5 Å². The highest BCUT2D eigenvalue weighted by molar-refractivity contribution is 5.68. The Morgan fingerprint density at radius 2 is 1.86 bits per heavy atom. The molecule has 1 N–H and O–H groups in total. The molecule has 0 saturated carbocycles. The molecule has 0 bridgehead atoms.